The first-order chi connectivity index (χ1) is 10.3. The van der Waals surface area contributed by atoms with Crippen LogP contribution in [0.25, 0.3) is 0 Å². The number of nitrogens with one attached hydrogen (secondary N) is 1. The Labute approximate surface area is 130 Å². The predicted molar refractivity (Wildman–Crippen MR) is 85.6 cm³/mol. The van der Waals surface area contributed by atoms with Crippen molar-refractivity contribution in [2.45, 2.75) is 76.5 Å². The van der Waals surface area contributed by atoms with Crippen molar-refractivity contribution in [3.8, 4) is 0 Å². The zero-order valence-electron chi connectivity index (χ0n) is 12.6. The van der Waals surface area contributed by atoms with E-state index in [1.54, 1.807) is 11.3 Å². The van der Waals surface area contributed by atoms with Crippen molar-refractivity contribution in [3.05, 3.63) is 5.01 Å². The number of carbonyl (C=O) groups excluding carboxylic acids is 1. The molecule has 0 atom stereocenters. The molecule has 0 saturated heterocycles. The van der Waals surface area contributed by atoms with Crippen LogP contribution in [-0.4, -0.2) is 16.1 Å². The normalized spacial score (nSPS) is 20.8. The summed E-state index contributed by atoms with van der Waals surface area (Å²) in [5.41, 5.74) is 0. The van der Waals surface area contributed by atoms with Crippen LogP contribution in [0.3, 0.4) is 0 Å². The lowest BCUT2D eigenvalue weighted by Gasteiger charge is -2.18. The van der Waals surface area contributed by atoms with E-state index >= 15 is 0 Å². The van der Waals surface area contributed by atoms with E-state index in [0.29, 0.717) is 17.5 Å². The average molecular weight is 307 g/mol. The lowest BCUT2D eigenvalue weighted by molar-refractivity contribution is -0.116. The van der Waals surface area contributed by atoms with Crippen LogP contribution in [-0.2, 0) is 4.79 Å². The molecule has 0 radical (unpaired) electrons. The van der Waals surface area contributed by atoms with Crippen molar-refractivity contribution in [2.24, 2.45) is 5.92 Å². The highest BCUT2D eigenvalue weighted by Gasteiger charge is 2.20. The fourth-order valence-electron chi connectivity index (χ4n) is 3.62. The van der Waals surface area contributed by atoms with Crippen molar-refractivity contribution in [1.82, 2.24) is 10.2 Å². The van der Waals surface area contributed by atoms with Gasteiger partial charge in [0.25, 0.3) is 0 Å². The molecular formula is C16H25N3OS. The van der Waals surface area contributed by atoms with Gasteiger partial charge in [0, 0.05) is 12.3 Å². The second-order valence-corrected chi connectivity index (χ2v) is 7.53. The molecule has 1 amide bonds. The minimum absolute atomic E-state index is 0.105. The van der Waals surface area contributed by atoms with Crippen LogP contribution in [0.5, 0.6) is 0 Å². The van der Waals surface area contributed by atoms with Crippen molar-refractivity contribution < 1.29 is 4.79 Å². The van der Waals surface area contributed by atoms with Crippen LogP contribution in [0.4, 0.5) is 5.13 Å². The largest absolute Gasteiger partial charge is 0.301 e. The van der Waals surface area contributed by atoms with E-state index in [0.717, 1.165) is 17.3 Å². The van der Waals surface area contributed by atoms with E-state index in [2.05, 4.69) is 15.5 Å². The third-order valence-electron chi connectivity index (χ3n) is 4.90. The lowest BCUT2D eigenvalue weighted by atomic mass is 9.90. The molecule has 0 bridgehead atoms. The molecule has 3 rings (SSSR count). The maximum absolute atomic E-state index is 12.0. The number of hydrogen-bond acceptors (Lipinski definition) is 4. The molecular weight excluding hydrogens is 282 g/mol. The van der Waals surface area contributed by atoms with E-state index in [1.807, 2.05) is 0 Å². The molecule has 0 unspecified atom stereocenters. The topological polar surface area (TPSA) is 54.9 Å². The number of rotatable bonds is 5. The number of hydrogen-bond donors (Lipinski definition) is 1. The van der Waals surface area contributed by atoms with Gasteiger partial charge in [0.2, 0.25) is 11.0 Å². The van der Waals surface area contributed by atoms with Gasteiger partial charge in [-0.2, -0.15) is 0 Å². The van der Waals surface area contributed by atoms with E-state index in [1.165, 1.54) is 57.8 Å². The van der Waals surface area contributed by atoms with Gasteiger partial charge in [-0.05, 0) is 25.2 Å². The first-order valence-corrected chi connectivity index (χ1v) is 9.26. The van der Waals surface area contributed by atoms with Gasteiger partial charge in [0.1, 0.15) is 5.01 Å². The standard InChI is InChI=1S/C16H25N3OS/c20-14(11-10-12-6-4-5-7-12)17-16-19-18-15(21-16)13-8-2-1-3-9-13/h12-13H,1-11H2,(H,17,19,20). The van der Waals surface area contributed by atoms with Gasteiger partial charge in [-0.25, -0.2) is 0 Å². The van der Waals surface area contributed by atoms with Gasteiger partial charge in [-0.15, -0.1) is 10.2 Å². The SMILES string of the molecule is O=C(CCC1CCCC1)Nc1nnc(C2CCCCC2)s1. The maximum atomic E-state index is 12.0. The van der Waals surface area contributed by atoms with Crippen LogP contribution < -0.4 is 5.32 Å². The Bertz CT molecular complexity index is 462. The van der Waals surface area contributed by atoms with Crippen LogP contribution >= 0.6 is 11.3 Å². The highest BCUT2D eigenvalue weighted by Crippen LogP contribution is 2.35. The molecule has 2 saturated carbocycles. The van der Waals surface area contributed by atoms with Crippen molar-refractivity contribution >= 4 is 22.4 Å². The van der Waals surface area contributed by atoms with Crippen molar-refractivity contribution in [3.63, 3.8) is 0 Å². The molecule has 5 heteroatoms. The number of carbonyl (C=O) groups is 1. The van der Waals surface area contributed by atoms with Gasteiger partial charge in [0.05, 0.1) is 0 Å². The summed E-state index contributed by atoms with van der Waals surface area (Å²) in [6.45, 7) is 0. The third-order valence-corrected chi connectivity index (χ3v) is 5.90. The number of amides is 1. The van der Waals surface area contributed by atoms with Crippen LogP contribution in [0.2, 0.25) is 0 Å². The monoisotopic (exact) mass is 307 g/mol. The van der Waals surface area contributed by atoms with Crippen LogP contribution in [0.1, 0.15) is 81.6 Å². The molecule has 0 aromatic carbocycles. The fraction of sp³-hybridized carbons (Fsp3) is 0.812. The van der Waals surface area contributed by atoms with E-state index in [9.17, 15) is 4.79 Å². The molecule has 1 aromatic rings. The molecule has 2 aliphatic carbocycles. The summed E-state index contributed by atoms with van der Waals surface area (Å²) in [5.74, 6) is 1.44. The Morgan fingerprint density at radius 1 is 1.05 bits per heavy atom. The van der Waals surface area contributed by atoms with E-state index in [4.69, 9.17) is 0 Å². The summed E-state index contributed by atoms with van der Waals surface area (Å²) in [7, 11) is 0. The molecule has 21 heavy (non-hydrogen) atoms. The average Bonchev–Trinajstić information content (AvgIpc) is 3.17. The first kappa shape index (κ1) is 14.9. The van der Waals surface area contributed by atoms with E-state index < -0.39 is 0 Å². The third kappa shape index (κ3) is 4.25. The van der Waals surface area contributed by atoms with Gasteiger partial charge < -0.3 is 5.32 Å². The minimum Gasteiger partial charge on any atom is -0.301 e. The number of nitrogens with zero attached hydrogens (tertiary/aromatic N) is 2. The molecule has 116 valence electrons. The molecule has 1 aromatic heterocycles. The zero-order chi connectivity index (χ0) is 14.5. The van der Waals surface area contributed by atoms with Gasteiger partial charge >= 0.3 is 0 Å². The molecule has 1 N–H and O–H groups in total. The molecule has 2 fully saturated rings. The number of anilines is 1. The Morgan fingerprint density at radius 3 is 2.52 bits per heavy atom. The summed E-state index contributed by atoms with van der Waals surface area (Å²) in [6.07, 6.45) is 13.3. The molecule has 0 spiro atoms. The quantitative estimate of drug-likeness (QED) is 0.871. The first-order valence-electron chi connectivity index (χ1n) is 8.44. The molecule has 1 heterocycles. The summed E-state index contributed by atoms with van der Waals surface area (Å²) in [6, 6.07) is 0. The predicted octanol–water partition coefficient (Wildman–Crippen LogP) is 4.49. The van der Waals surface area contributed by atoms with Crippen molar-refractivity contribution in [2.75, 3.05) is 5.32 Å². The Balaban J connectivity index is 1.45. The zero-order valence-corrected chi connectivity index (χ0v) is 13.5. The highest BCUT2D eigenvalue weighted by atomic mass is 32.1. The van der Waals surface area contributed by atoms with Crippen LogP contribution in [0, 0.1) is 5.92 Å². The Hall–Kier alpha value is -0.970. The highest BCUT2D eigenvalue weighted by molar-refractivity contribution is 7.15. The second kappa shape index (κ2) is 7.34. The smallest absolute Gasteiger partial charge is 0.226 e. The molecule has 0 aliphatic heterocycles. The van der Waals surface area contributed by atoms with Crippen LogP contribution in [0.15, 0.2) is 0 Å². The Kier molecular flexibility index (Phi) is 5.22. The summed E-state index contributed by atoms with van der Waals surface area (Å²) < 4.78 is 0. The summed E-state index contributed by atoms with van der Waals surface area (Å²) >= 11 is 1.57. The summed E-state index contributed by atoms with van der Waals surface area (Å²) in [5, 5.41) is 13.2. The Morgan fingerprint density at radius 2 is 1.76 bits per heavy atom. The maximum Gasteiger partial charge on any atom is 0.226 e. The number of aromatic nitrogens is 2. The van der Waals surface area contributed by atoms with Crippen molar-refractivity contribution in [1.29, 1.82) is 0 Å². The molecule has 2 aliphatic rings. The van der Waals surface area contributed by atoms with Gasteiger partial charge in [0.15, 0.2) is 0 Å². The van der Waals surface area contributed by atoms with Gasteiger partial charge in [-0.1, -0.05) is 56.3 Å². The van der Waals surface area contributed by atoms with Gasteiger partial charge in [-0.3, -0.25) is 4.79 Å². The molecule has 4 nitrogen and oxygen atoms in total. The lowest BCUT2D eigenvalue weighted by Crippen LogP contribution is -2.12. The fourth-order valence-corrected chi connectivity index (χ4v) is 4.54. The second-order valence-electron chi connectivity index (χ2n) is 6.52. The minimum atomic E-state index is 0.105. The van der Waals surface area contributed by atoms with E-state index in [-0.39, 0.29) is 5.91 Å². The summed E-state index contributed by atoms with van der Waals surface area (Å²) in [4.78, 5) is 12.0.